The smallest absolute Gasteiger partial charge is 0.254 e. The molecule has 1 saturated heterocycles. The lowest BCUT2D eigenvalue weighted by molar-refractivity contribution is 0.0715. The molecule has 2 aromatic carbocycles. The molecule has 9 nitrogen and oxygen atoms in total. The fourth-order valence-corrected chi connectivity index (χ4v) is 5.80. The third-order valence-electron chi connectivity index (χ3n) is 8.34. The number of alkyl halides is 2. The van der Waals surface area contributed by atoms with Gasteiger partial charge in [-0.15, -0.1) is 0 Å². The zero-order valence-electron chi connectivity index (χ0n) is 26.9. The molecule has 3 atom stereocenters. The van der Waals surface area contributed by atoms with Crippen LogP contribution in [0.1, 0.15) is 87.3 Å². The van der Waals surface area contributed by atoms with Crippen LogP contribution < -0.4 is 10.6 Å². The molecule has 47 heavy (non-hydrogen) atoms. The van der Waals surface area contributed by atoms with Gasteiger partial charge in [0.2, 0.25) is 5.89 Å². The van der Waals surface area contributed by atoms with Crippen molar-refractivity contribution in [3.63, 3.8) is 0 Å². The Bertz CT molecular complexity index is 1670. The first kappa shape index (κ1) is 33.9. The molecule has 248 valence electrons. The standard InChI is InChI=1S/C36H41F2N5O4/c1-23-22-47-34(41-23)31-10-7-11-43(31)35(46)28-13-25(17-37)12-27(16-28)33(45)42-30(15-24-8-5-4-6-9-24)32(44)21-40-19-26-14-29(20-39-18-26)36(2,3)38/h4-6,8-9,12-14,16,18,20,22,30-32,40,44H,7,10-11,15,17,19,21H2,1-3H3,(H,42,45). The van der Waals surface area contributed by atoms with Crippen molar-refractivity contribution in [2.45, 2.75) is 77.1 Å². The van der Waals surface area contributed by atoms with Crippen LogP contribution in [0.25, 0.3) is 0 Å². The highest BCUT2D eigenvalue weighted by Gasteiger charge is 2.34. The van der Waals surface area contributed by atoms with E-state index in [1.807, 2.05) is 37.3 Å². The van der Waals surface area contributed by atoms with Gasteiger partial charge in [0.05, 0.1) is 17.8 Å². The second-order valence-corrected chi connectivity index (χ2v) is 12.6. The topological polar surface area (TPSA) is 121 Å². The van der Waals surface area contributed by atoms with Crippen molar-refractivity contribution >= 4 is 11.8 Å². The summed E-state index contributed by atoms with van der Waals surface area (Å²) < 4.78 is 34.0. The van der Waals surface area contributed by atoms with Crippen LogP contribution in [0.15, 0.2) is 77.7 Å². The van der Waals surface area contributed by atoms with Crippen molar-refractivity contribution in [1.29, 1.82) is 0 Å². The lowest BCUT2D eigenvalue weighted by Crippen LogP contribution is -2.48. The summed E-state index contributed by atoms with van der Waals surface area (Å²) in [4.78, 5) is 37.5. The van der Waals surface area contributed by atoms with Crippen LogP contribution in [-0.2, 0) is 25.3 Å². The van der Waals surface area contributed by atoms with E-state index < -0.39 is 30.4 Å². The van der Waals surface area contributed by atoms with Crippen LogP contribution in [0.2, 0.25) is 0 Å². The molecule has 0 saturated carbocycles. The first-order valence-electron chi connectivity index (χ1n) is 15.8. The molecule has 0 spiro atoms. The van der Waals surface area contributed by atoms with Crippen molar-refractivity contribution in [2.75, 3.05) is 13.1 Å². The van der Waals surface area contributed by atoms with Crippen molar-refractivity contribution in [3.05, 3.63) is 118 Å². The van der Waals surface area contributed by atoms with Gasteiger partial charge in [-0.25, -0.2) is 13.8 Å². The molecule has 0 radical (unpaired) electrons. The highest BCUT2D eigenvalue weighted by atomic mass is 19.1. The van der Waals surface area contributed by atoms with Gasteiger partial charge in [0, 0.05) is 48.7 Å². The van der Waals surface area contributed by atoms with Crippen LogP contribution in [0.4, 0.5) is 8.78 Å². The number of carbonyl (C=O) groups excluding carboxylic acids is 2. The summed E-state index contributed by atoms with van der Waals surface area (Å²) in [6.45, 7) is 4.81. The van der Waals surface area contributed by atoms with Crippen molar-refractivity contribution in [2.24, 2.45) is 0 Å². The Balaban J connectivity index is 1.31. The lowest BCUT2D eigenvalue weighted by Gasteiger charge is -2.26. The quantitative estimate of drug-likeness (QED) is 0.175. The average Bonchev–Trinajstić information content (AvgIpc) is 3.73. The van der Waals surface area contributed by atoms with Gasteiger partial charge in [-0.3, -0.25) is 14.6 Å². The minimum atomic E-state index is -1.54. The highest BCUT2D eigenvalue weighted by molar-refractivity contribution is 6.00. The summed E-state index contributed by atoms with van der Waals surface area (Å²) in [6.07, 6.45) is 5.41. The number of oxazole rings is 1. The van der Waals surface area contributed by atoms with Crippen LogP contribution in [-0.4, -0.2) is 57.0 Å². The van der Waals surface area contributed by atoms with E-state index in [2.05, 4.69) is 20.6 Å². The summed E-state index contributed by atoms with van der Waals surface area (Å²) in [5, 5.41) is 17.4. The Morgan fingerprint density at radius 3 is 2.55 bits per heavy atom. The summed E-state index contributed by atoms with van der Waals surface area (Å²) in [7, 11) is 0. The Hall–Kier alpha value is -4.48. The number of aliphatic hydroxyl groups is 1. The number of aryl methyl sites for hydroxylation is 1. The monoisotopic (exact) mass is 645 g/mol. The van der Waals surface area contributed by atoms with Gasteiger partial charge >= 0.3 is 0 Å². The second-order valence-electron chi connectivity index (χ2n) is 12.6. The number of hydrogen-bond donors (Lipinski definition) is 3. The van der Waals surface area contributed by atoms with Crippen LogP contribution in [0.3, 0.4) is 0 Å². The Labute approximate surface area is 273 Å². The molecule has 1 fully saturated rings. The molecule has 2 amide bonds. The number of pyridine rings is 1. The number of nitrogens with one attached hydrogen (secondary N) is 2. The number of aliphatic hydroxyl groups excluding tert-OH is 1. The number of rotatable bonds is 13. The van der Waals surface area contributed by atoms with E-state index in [1.54, 1.807) is 23.4 Å². The van der Waals surface area contributed by atoms with E-state index in [0.717, 1.165) is 17.5 Å². The van der Waals surface area contributed by atoms with E-state index in [9.17, 15) is 23.5 Å². The minimum Gasteiger partial charge on any atom is -0.446 e. The Morgan fingerprint density at radius 1 is 1.09 bits per heavy atom. The van der Waals surface area contributed by atoms with Crippen LogP contribution >= 0.6 is 0 Å². The van der Waals surface area contributed by atoms with E-state index in [-0.39, 0.29) is 35.2 Å². The number of benzene rings is 2. The SMILES string of the molecule is Cc1coc(C2CCCN2C(=O)c2cc(CF)cc(C(=O)NC(Cc3ccccc3)C(O)CNCc3cncc(C(C)(C)F)c3)c2)n1. The van der Waals surface area contributed by atoms with Gasteiger partial charge in [-0.05, 0) is 81.0 Å². The van der Waals surface area contributed by atoms with Crippen LogP contribution in [0, 0.1) is 6.92 Å². The average molecular weight is 646 g/mol. The molecule has 4 aromatic rings. The summed E-state index contributed by atoms with van der Waals surface area (Å²) >= 11 is 0. The molecule has 0 bridgehead atoms. The normalized spacial score (nSPS) is 16.2. The van der Waals surface area contributed by atoms with Crippen molar-refractivity contribution in [3.8, 4) is 0 Å². The summed E-state index contributed by atoms with van der Waals surface area (Å²) in [5.41, 5.74) is 1.77. The van der Waals surface area contributed by atoms with E-state index in [1.165, 1.54) is 38.2 Å². The van der Waals surface area contributed by atoms with Crippen molar-refractivity contribution in [1.82, 2.24) is 25.5 Å². The maximum atomic E-state index is 14.4. The third kappa shape index (κ3) is 8.66. The fraction of sp³-hybridized carbons (Fsp3) is 0.389. The Kier molecular flexibility index (Phi) is 10.8. The van der Waals surface area contributed by atoms with Gasteiger partial charge in [0.1, 0.15) is 24.6 Å². The van der Waals surface area contributed by atoms with Gasteiger partial charge < -0.3 is 25.1 Å². The molecule has 3 unspecified atom stereocenters. The number of likely N-dealkylation sites (tertiary alicyclic amines) is 1. The van der Waals surface area contributed by atoms with Gasteiger partial charge in [-0.1, -0.05) is 30.3 Å². The molecule has 3 N–H and O–H groups in total. The number of amides is 2. The molecule has 3 heterocycles. The molecule has 11 heteroatoms. The third-order valence-corrected chi connectivity index (χ3v) is 8.34. The van der Waals surface area contributed by atoms with E-state index in [0.29, 0.717) is 43.1 Å². The van der Waals surface area contributed by atoms with Gasteiger partial charge in [0.25, 0.3) is 11.8 Å². The molecular weight excluding hydrogens is 604 g/mol. The fourth-order valence-electron chi connectivity index (χ4n) is 5.80. The molecular formula is C36H41F2N5O4. The number of halogens is 2. The molecule has 5 rings (SSSR count). The zero-order valence-corrected chi connectivity index (χ0v) is 26.9. The minimum absolute atomic E-state index is 0.112. The summed E-state index contributed by atoms with van der Waals surface area (Å²) in [6, 6.07) is 14.4. The van der Waals surface area contributed by atoms with E-state index in [4.69, 9.17) is 4.42 Å². The first-order chi connectivity index (χ1) is 22.5. The van der Waals surface area contributed by atoms with Gasteiger partial charge in [-0.2, -0.15) is 0 Å². The largest absolute Gasteiger partial charge is 0.446 e. The number of carbonyl (C=O) groups is 2. The molecule has 0 aliphatic carbocycles. The predicted octanol–water partition coefficient (Wildman–Crippen LogP) is 5.52. The van der Waals surface area contributed by atoms with Gasteiger partial charge in [0.15, 0.2) is 0 Å². The zero-order chi connectivity index (χ0) is 33.6. The van der Waals surface area contributed by atoms with Crippen LogP contribution in [0.5, 0.6) is 0 Å². The van der Waals surface area contributed by atoms with Crippen molar-refractivity contribution < 1.29 is 27.9 Å². The maximum absolute atomic E-state index is 14.4. The number of aromatic nitrogens is 2. The second kappa shape index (κ2) is 15.0. The first-order valence-corrected chi connectivity index (χ1v) is 15.8. The highest BCUT2D eigenvalue weighted by Crippen LogP contribution is 2.33. The molecule has 2 aromatic heterocycles. The number of nitrogens with zero attached hydrogens (tertiary/aromatic N) is 3. The van der Waals surface area contributed by atoms with E-state index >= 15 is 0 Å². The predicted molar refractivity (Wildman–Crippen MR) is 173 cm³/mol. The lowest BCUT2D eigenvalue weighted by atomic mass is 9.99. The summed E-state index contributed by atoms with van der Waals surface area (Å²) in [5.74, 6) is -0.431. The molecule has 1 aliphatic heterocycles. The maximum Gasteiger partial charge on any atom is 0.254 e. The molecule has 1 aliphatic rings. The number of hydrogen-bond acceptors (Lipinski definition) is 7. The Morgan fingerprint density at radius 2 is 1.85 bits per heavy atom.